The number of carboxylic acids is 1. The molecule has 28 heavy (non-hydrogen) atoms. The van der Waals surface area contributed by atoms with Crippen LogP contribution in [-0.4, -0.2) is 40.1 Å². The maximum atomic E-state index is 12.8. The maximum Gasteiger partial charge on any atom is 0.341 e. The number of nitrogens with one attached hydrogen (secondary N) is 1. The fraction of sp³-hybridized carbons (Fsp3) is 0.222. The Morgan fingerprint density at radius 3 is 2.86 bits per heavy atom. The summed E-state index contributed by atoms with van der Waals surface area (Å²) in [4.78, 5) is 28.2. The molecule has 7 nitrogen and oxygen atoms in total. The number of carbonyl (C=O) groups excluding carboxylic acids is 1. The number of ketones is 1. The molecule has 1 saturated heterocycles. The van der Waals surface area contributed by atoms with Gasteiger partial charge in [-0.25, -0.2) is 9.78 Å². The number of hydrogen-bond donors (Lipinski definition) is 2. The molecule has 2 heterocycles. The van der Waals surface area contributed by atoms with Crippen molar-refractivity contribution >= 4 is 68.6 Å². The lowest BCUT2D eigenvalue weighted by Gasteiger charge is -2.13. The van der Waals surface area contributed by atoms with Crippen molar-refractivity contribution in [1.82, 2.24) is 4.98 Å². The smallest absolute Gasteiger partial charge is 0.341 e. The van der Waals surface area contributed by atoms with Crippen molar-refractivity contribution in [2.45, 2.75) is 12.8 Å². The lowest BCUT2D eigenvalue weighted by atomic mass is 10.0. The number of thiazole rings is 1. The predicted molar refractivity (Wildman–Crippen MR) is 117 cm³/mol. The Balaban J connectivity index is 1.92. The maximum absolute atomic E-state index is 12.8. The number of rotatable bonds is 7. The number of Topliss-reactive ketones (excluding diaryl/α,β-unsaturated/α-hetero) is 1. The summed E-state index contributed by atoms with van der Waals surface area (Å²) < 4.78 is 11.6. The summed E-state index contributed by atoms with van der Waals surface area (Å²) >= 11 is 4.52. The minimum atomic E-state index is -1.08. The zero-order chi connectivity index (χ0) is 20.3. The Bertz CT molecular complexity index is 959. The van der Waals surface area contributed by atoms with E-state index in [9.17, 15) is 9.59 Å². The first-order valence-corrected chi connectivity index (χ1v) is 10.9. The fourth-order valence-corrected chi connectivity index (χ4v) is 5.14. The molecule has 0 amide bonds. The van der Waals surface area contributed by atoms with Gasteiger partial charge in [-0.1, -0.05) is 11.8 Å². The van der Waals surface area contributed by atoms with Crippen LogP contribution in [0.2, 0.25) is 0 Å². The summed E-state index contributed by atoms with van der Waals surface area (Å²) in [5.74, 6) is -1.11. The van der Waals surface area contributed by atoms with Gasteiger partial charge < -0.3 is 14.6 Å². The van der Waals surface area contributed by atoms with E-state index < -0.39 is 18.5 Å². The Kier molecular flexibility index (Phi) is 6.73. The van der Waals surface area contributed by atoms with Crippen molar-refractivity contribution in [2.24, 2.45) is 0 Å². The standard InChI is InChI=1S/C18H15IN2O5S2/c1-2-25-11-6-9(5-10(19)16(11)26-8-13(22)23)7-12-15(24)14(17(20)28-12)18-21-3-4-27-18/h3-7,14,20H,2,8H2,1H3,(H,22,23)/b12-7-,20-17?/t14-/m1/s1. The fourth-order valence-electron chi connectivity index (χ4n) is 2.55. The number of aliphatic carboxylic acids is 1. The van der Waals surface area contributed by atoms with E-state index in [1.807, 2.05) is 29.5 Å². The van der Waals surface area contributed by atoms with E-state index in [0.717, 1.165) is 11.8 Å². The van der Waals surface area contributed by atoms with Crippen molar-refractivity contribution < 1.29 is 24.2 Å². The highest BCUT2D eigenvalue weighted by Gasteiger charge is 2.38. The Labute approximate surface area is 182 Å². The molecule has 2 N–H and O–H groups in total. The number of ether oxygens (including phenoxy) is 2. The van der Waals surface area contributed by atoms with E-state index in [4.69, 9.17) is 20.0 Å². The highest BCUT2D eigenvalue weighted by Crippen LogP contribution is 2.42. The zero-order valence-corrected chi connectivity index (χ0v) is 18.4. The SMILES string of the molecule is CCOc1cc(/C=C2\SC(=N)[C@H](c3nccs3)C2=O)cc(I)c1OCC(=O)O. The molecule has 1 fully saturated rings. The number of carboxylic acid groups (broad SMARTS) is 1. The summed E-state index contributed by atoms with van der Waals surface area (Å²) in [6.07, 6.45) is 3.33. The first kappa shape index (κ1) is 20.8. The van der Waals surface area contributed by atoms with Crippen LogP contribution in [0, 0.1) is 8.98 Å². The topological polar surface area (TPSA) is 110 Å². The minimum absolute atomic E-state index is 0.149. The second kappa shape index (κ2) is 9.05. The Morgan fingerprint density at radius 1 is 1.43 bits per heavy atom. The summed E-state index contributed by atoms with van der Waals surface area (Å²) in [5.41, 5.74) is 0.707. The van der Waals surface area contributed by atoms with Gasteiger partial charge in [-0.15, -0.1) is 11.3 Å². The first-order valence-electron chi connectivity index (χ1n) is 8.13. The van der Waals surface area contributed by atoms with E-state index in [2.05, 4.69) is 4.98 Å². The van der Waals surface area contributed by atoms with Crippen molar-refractivity contribution in [3.05, 3.63) is 42.8 Å². The number of halogens is 1. The van der Waals surface area contributed by atoms with E-state index >= 15 is 0 Å². The molecule has 0 spiro atoms. The van der Waals surface area contributed by atoms with Crippen LogP contribution in [0.15, 0.2) is 28.6 Å². The van der Waals surface area contributed by atoms with E-state index in [1.54, 1.807) is 29.8 Å². The predicted octanol–water partition coefficient (Wildman–Crippen LogP) is 4.03. The number of benzene rings is 1. The third-order valence-electron chi connectivity index (χ3n) is 3.65. The van der Waals surface area contributed by atoms with Crippen LogP contribution in [0.5, 0.6) is 11.5 Å². The molecule has 0 radical (unpaired) electrons. The largest absolute Gasteiger partial charge is 0.490 e. The highest BCUT2D eigenvalue weighted by atomic mass is 127. The van der Waals surface area contributed by atoms with Crippen molar-refractivity contribution in [3.8, 4) is 11.5 Å². The average Bonchev–Trinajstić information content (AvgIpc) is 3.23. The summed E-state index contributed by atoms with van der Waals surface area (Å²) in [7, 11) is 0. The van der Waals surface area contributed by atoms with Gasteiger partial charge in [-0.2, -0.15) is 0 Å². The molecule has 0 unspecified atom stereocenters. The second-order valence-electron chi connectivity index (χ2n) is 5.59. The molecule has 1 aliphatic heterocycles. The summed E-state index contributed by atoms with van der Waals surface area (Å²) in [6, 6.07) is 3.48. The van der Waals surface area contributed by atoms with Gasteiger partial charge in [0.2, 0.25) is 0 Å². The van der Waals surface area contributed by atoms with Crippen LogP contribution in [0.4, 0.5) is 0 Å². The van der Waals surface area contributed by atoms with Gasteiger partial charge in [-0.05, 0) is 53.3 Å². The molecule has 1 atom stereocenters. The monoisotopic (exact) mass is 530 g/mol. The lowest BCUT2D eigenvalue weighted by molar-refractivity contribution is -0.139. The van der Waals surface area contributed by atoms with Crippen LogP contribution in [0.25, 0.3) is 6.08 Å². The highest BCUT2D eigenvalue weighted by molar-refractivity contribution is 14.1. The van der Waals surface area contributed by atoms with Crippen LogP contribution < -0.4 is 9.47 Å². The Hall–Kier alpha value is -1.92. The molecule has 3 rings (SSSR count). The lowest BCUT2D eigenvalue weighted by Crippen LogP contribution is -2.11. The molecular weight excluding hydrogens is 515 g/mol. The molecule has 1 aromatic carbocycles. The number of nitrogens with zero attached hydrogens (tertiary/aromatic N) is 1. The molecule has 10 heteroatoms. The third-order valence-corrected chi connectivity index (χ3v) is 6.29. The van der Waals surface area contributed by atoms with Gasteiger partial charge in [0.05, 0.1) is 20.1 Å². The van der Waals surface area contributed by atoms with Gasteiger partial charge >= 0.3 is 5.97 Å². The third kappa shape index (κ3) is 4.55. The number of hydrogen-bond acceptors (Lipinski definition) is 8. The number of carbonyl (C=O) groups is 2. The van der Waals surface area contributed by atoms with Gasteiger partial charge in [0.1, 0.15) is 10.9 Å². The quantitative estimate of drug-likeness (QED) is 0.411. The molecule has 0 bridgehead atoms. The van der Waals surface area contributed by atoms with Gasteiger partial charge in [0.15, 0.2) is 23.9 Å². The number of aromatic nitrogens is 1. The van der Waals surface area contributed by atoms with Crippen molar-refractivity contribution in [2.75, 3.05) is 13.2 Å². The van der Waals surface area contributed by atoms with Crippen molar-refractivity contribution in [1.29, 1.82) is 5.41 Å². The molecule has 146 valence electrons. The summed E-state index contributed by atoms with van der Waals surface area (Å²) in [5, 5.41) is 19.7. The van der Waals surface area contributed by atoms with Crippen LogP contribution in [0.3, 0.4) is 0 Å². The molecule has 1 aromatic heterocycles. The van der Waals surface area contributed by atoms with Crippen LogP contribution >= 0.6 is 45.7 Å². The molecular formula is C18H15IN2O5S2. The van der Waals surface area contributed by atoms with Crippen LogP contribution in [-0.2, 0) is 9.59 Å². The molecule has 0 aliphatic carbocycles. The van der Waals surface area contributed by atoms with Gasteiger partial charge in [-0.3, -0.25) is 10.2 Å². The number of allylic oxidation sites excluding steroid dienone is 1. The average molecular weight is 530 g/mol. The zero-order valence-electron chi connectivity index (χ0n) is 14.6. The molecule has 2 aromatic rings. The van der Waals surface area contributed by atoms with E-state index in [0.29, 0.717) is 37.2 Å². The van der Waals surface area contributed by atoms with Gasteiger partial charge in [0.25, 0.3) is 0 Å². The van der Waals surface area contributed by atoms with Crippen LogP contribution in [0.1, 0.15) is 23.4 Å². The van der Waals surface area contributed by atoms with E-state index in [1.165, 1.54) is 11.3 Å². The summed E-state index contributed by atoms with van der Waals surface area (Å²) in [6.45, 7) is 1.72. The molecule has 1 aliphatic rings. The Morgan fingerprint density at radius 2 is 2.21 bits per heavy atom. The van der Waals surface area contributed by atoms with Crippen molar-refractivity contribution in [3.63, 3.8) is 0 Å². The second-order valence-corrected chi connectivity index (χ2v) is 8.76. The first-order chi connectivity index (χ1) is 13.4. The normalized spacial score (nSPS) is 17.9. The molecule has 0 saturated carbocycles. The number of thioether (sulfide) groups is 1. The van der Waals surface area contributed by atoms with E-state index in [-0.39, 0.29) is 10.8 Å². The van der Waals surface area contributed by atoms with Gasteiger partial charge in [0, 0.05) is 11.6 Å². The minimum Gasteiger partial charge on any atom is -0.490 e.